The number of thiocarbonyl (C=S) groups is 1. The van der Waals surface area contributed by atoms with Gasteiger partial charge in [-0.3, -0.25) is 19.8 Å². The van der Waals surface area contributed by atoms with Gasteiger partial charge in [0.2, 0.25) is 0 Å². The van der Waals surface area contributed by atoms with Gasteiger partial charge in [-0.05, 0) is 77.4 Å². The zero-order chi connectivity index (χ0) is 19.0. The number of halogens is 1. The summed E-state index contributed by atoms with van der Waals surface area (Å²) in [5.41, 5.74) is 3.14. The first-order chi connectivity index (χ1) is 12.3. The van der Waals surface area contributed by atoms with Gasteiger partial charge in [-0.1, -0.05) is 23.8 Å². The predicted octanol–water partition coefficient (Wildman–Crippen LogP) is 3.60. The second-order valence-electron chi connectivity index (χ2n) is 5.96. The van der Waals surface area contributed by atoms with Crippen molar-refractivity contribution in [1.29, 1.82) is 0 Å². The van der Waals surface area contributed by atoms with Crippen LogP contribution in [0.15, 0.2) is 46.4 Å². The Morgan fingerprint density at radius 2 is 1.88 bits per heavy atom. The summed E-state index contributed by atoms with van der Waals surface area (Å²) in [4.78, 5) is 26.6. The van der Waals surface area contributed by atoms with Crippen molar-refractivity contribution in [2.45, 2.75) is 13.8 Å². The number of aromatic hydroxyl groups is 1. The van der Waals surface area contributed by atoms with E-state index in [1.54, 1.807) is 18.2 Å². The van der Waals surface area contributed by atoms with Gasteiger partial charge in [0.25, 0.3) is 11.8 Å². The van der Waals surface area contributed by atoms with E-state index in [2.05, 4.69) is 21.2 Å². The van der Waals surface area contributed by atoms with Crippen LogP contribution in [0.1, 0.15) is 16.7 Å². The molecule has 2 N–H and O–H groups in total. The maximum atomic E-state index is 13.0. The Morgan fingerprint density at radius 1 is 1.15 bits per heavy atom. The van der Waals surface area contributed by atoms with E-state index >= 15 is 0 Å². The van der Waals surface area contributed by atoms with Crippen LogP contribution in [0.5, 0.6) is 5.75 Å². The molecular weight excluding hydrogens is 416 g/mol. The third kappa shape index (κ3) is 3.40. The number of amides is 2. The predicted molar refractivity (Wildman–Crippen MR) is 108 cm³/mol. The lowest BCUT2D eigenvalue weighted by Crippen LogP contribution is -2.54. The van der Waals surface area contributed by atoms with Gasteiger partial charge in [-0.2, -0.15) is 0 Å². The zero-order valence-electron chi connectivity index (χ0n) is 14.0. The molecule has 1 fully saturated rings. The van der Waals surface area contributed by atoms with Gasteiger partial charge in [0, 0.05) is 0 Å². The van der Waals surface area contributed by atoms with Gasteiger partial charge in [-0.15, -0.1) is 0 Å². The summed E-state index contributed by atoms with van der Waals surface area (Å²) in [6.45, 7) is 3.85. The van der Waals surface area contributed by atoms with Crippen LogP contribution in [0, 0.1) is 13.8 Å². The van der Waals surface area contributed by atoms with Gasteiger partial charge in [0.05, 0.1) is 10.2 Å². The number of aryl methyl sites for hydroxylation is 2. The molecule has 26 heavy (non-hydrogen) atoms. The van der Waals surface area contributed by atoms with E-state index in [1.165, 1.54) is 17.0 Å². The van der Waals surface area contributed by atoms with E-state index in [9.17, 15) is 14.7 Å². The minimum absolute atomic E-state index is 0.0313. The Balaban J connectivity index is 2.05. The number of rotatable bonds is 2. The number of nitrogens with zero attached hydrogens (tertiary/aromatic N) is 1. The first-order valence-corrected chi connectivity index (χ1v) is 8.95. The van der Waals surface area contributed by atoms with E-state index in [1.807, 2.05) is 26.0 Å². The summed E-state index contributed by atoms with van der Waals surface area (Å²) in [5, 5.41) is 12.2. The molecule has 0 aliphatic carbocycles. The third-order valence-corrected chi connectivity index (χ3v) is 4.90. The Kier molecular flexibility index (Phi) is 4.93. The molecule has 132 valence electrons. The maximum absolute atomic E-state index is 13.0. The summed E-state index contributed by atoms with van der Waals surface area (Å²) < 4.78 is 0.470. The van der Waals surface area contributed by atoms with Crippen molar-refractivity contribution in [3.05, 3.63) is 63.1 Å². The molecule has 3 rings (SSSR count). The fourth-order valence-electron chi connectivity index (χ4n) is 2.71. The first kappa shape index (κ1) is 18.3. The second kappa shape index (κ2) is 7.01. The highest BCUT2D eigenvalue weighted by atomic mass is 79.9. The van der Waals surface area contributed by atoms with Crippen LogP contribution in [-0.4, -0.2) is 22.0 Å². The Labute approximate surface area is 164 Å². The van der Waals surface area contributed by atoms with E-state index in [0.717, 1.165) is 11.1 Å². The number of nitrogens with one attached hydrogen (secondary N) is 1. The lowest BCUT2D eigenvalue weighted by molar-refractivity contribution is -0.122. The molecule has 1 aliphatic rings. The number of carbonyl (C=O) groups excluding carboxylic acids is 2. The molecule has 0 saturated carbocycles. The van der Waals surface area contributed by atoms with Gasteiger partial charge in [0.1, 0.15) is 11.3 Å². The normalized spacial score (nSPS) is 16.2. The number of hydrogen-bond acceptors (Lipinski definition) is 4. The average Bonchev–Trinajstić information content (AvgIpc) is 2.56. The monoisotopic (exact) mass is 430 g/mol. The van der Waals surface area contributed by atoms with Crippen molar-refractivity contribution in [2.24, 2.45) is 0 Å². The molecule has 0 bridgehead atoms. The molecule has 0 unspecified atom stereocenters. The van der Waals surface area contributed by atoms with E-state index in [4.69, 9.17) is 12.2 Å². The van der Waals surface area contributed by atoms with E-state index in [0.29, 0.717) is 15.7 Å². The number of hydrogen-bond donors (Lipinski definition) is 2. The van der Waals surface area contributed by atoms with Crippen LogP contribution in [0.2, 0.25) is 0 Å². The van der Waals surface area contributed by atoms with Crippen LogP contribution >= 0.6 is 28.1 Å². The van der Waals surface area contributed by atoms with Crippen molar-refractivity contribution in [3.8, 4) is 5.75 Å². The molecule has 0 atom stereocenters. The molecule has 0 spiro atoms. The van der Waals surface area contributed by atoms with Crippen molar-refractivity contribution in [3.63, 3.8) is 0 Å². The lowest BCUT2D eigenvalue weighted by Gasteiger charge is -2.30. The molecule has 0 aromatic heterocycles. The van der Waals surface area contributed by atoms with Crippen LogP contribution < -0.4 is 10.2 Å². The molecule has 0 radical (unpaired) electrons. The standard InChI is InChI=1S/C19H15BrN2O3S/c1-10-3-5-15(11(2)7-10)22-18(25)13(17(24)21-19(22)26)8-12-4-6-16(23)14(20)9-12/h3-9,23H,1-2H3,(H,21,24,26)/b13-8+. The van der Waals surface area contributed by atoms with Gasteiger partial charge < -0.3 is 5.11 Å². The lowest BCUT2D eigenvalue weighted by atomic mass is 10.0. The highest BCUT2D eigenvalue weighted by Gasteiger charge is 2.35. The summed E-state index contributed by atoms with van der Waals surface area (Å²) in [6, 6.07) is 10.4. The minimum atomic E-state index is -0.551. The summed E-state index contributed by atoms with van der Waals surface area (Å²) >= 11 is 8.44. The Morgan fingerprint density at radius 3 is 2.54 bits per heavy atom. The first-order valence-electron chi connectivity index (χ1n) is 7.75. The topological polar surface area (TPSA) is 69.6 Å². The minimum Gasteiger partial charge on any atom is -0.507 e. The van der Waals surface area contributed by atoms with Crippen LogP contribution in [0.4, 0.5) is 5.69 Å². The smallest absolute Gasteiger partial charge is 0.270 e. The third-order valence-electron chi connectivity index (χ3n) is 3.98. The van der Waals surface area contributed by atoms with Crippen molar-refractivity contribution in [2.75, 3.05) is 4.90 Å². The van der Waals surface area contributed by atoms with Crippen LogP contribution in [0.3, 0.4) is 0 Å². The fourth-order valence-corrected chi connectivity index (χ4v) is 3.38. The van der Waals surface area contributed by atoms with Gasteiger partial charge >= 0.3 is 0 Å². The van der Waals surface area contributed by atoms with E-state index < -0.39 is 11.8 Å². The number of carbonyl (C=O) groups is 2. The summed E-state index contributed by atoms with van der Waals surface area (Å²) in [6.07, 6.45) is 1.47. The largest absolute Gasteiger partial charge is 0.507 e. The number of phenolic OH excluding ortho intramolecular Hbond substituents is 1. The molecule has 1 aliphatic heterocycles. The molecule has 2 aromatic carbocycles. The van der Waals surface area contributed by atoms with E-state index in [-0.39, 0.29) is 16.4 Å². The SMILES string of the molecule is Cc1ccc(N2C(=O)/C(=C/c3ccc(O)c(Br)c3)C(=O)NC2=S)c(C)c1. The highest BCUT2D eigenvalue weighted by molar-refractivity contribution is 9.10. The molecule has 1 saturated heterocycles. The Bertz CT molecular complexity index is 985. The van der Waals surface area contributed by atoms with Crippen LogP contribution in [-0.2, 0) is 9.59 Å². The number of anilines is 1. The molecule has 7 heteroatoms. The van der Waals surface area contributed by atoms with Gasteiger partial charge in [0.15, 0.2) is 5.11 Å². The fraction of sp³-hybridized carbons (Fsp3) is 0.105. The van der Waals surface area contributed by atoms with Crippen molar-refractivity contribution < 1.29 is 14.7 Å². The molecule has 1 heterocycles. The highest BCUT2D eigenvalue weighted by Crippen LogP contribution is 2.28. The van der Waals surface area contributed by atoms with Crippen molar-refractivity contribution >= 4 is 56.8 Å². The number of phenols is 1. The number of benzene rings is 2. The Hall–Kier alpha value is -2.51. The summed E-state index contributed by atoms with van der Waals surface area (Å²) in [7, 11) is 0. The maximum Gasteiger partial charge on any atom is 0.270 e. The molecule has 5 nitrogen and oxygen atoms in total. The van der Waals surface area contributed by atoms with Crippen molar-refractivity contribution in [1.82, 2.24) is 5.32 Å². The quantitative estimate of drug-likeness (QED) is 0.433. The summed E-state index contributed by atoms with van der Waals surface area (Å²) in [5.74, 6) is -0.968. The second-order valence-corrected chi connectivity index (χ2v) is 7.20. The van der Waals surface area contributed by atoms with Crippen LogP contribution in [0.25, 0.3) is 6.08 Å². The molecular formula is C19H15BrN2O3S. The molecule has 2 amide bonds. The molecule has 2 aromatic rings. The van der Waals surface area contributed by atoms with Gasteiger partial charge in [-0.25, -0.2) is 0 Å². The zero-order valence-corrected chi connectivity index (χ0v) is 16.4. The average molecular weight is 431 g/mol.